The number of non-ortho nitro benzene ring substituents is 1. The van der Waals surface area contributed by atoms with Crippen LogP contribution in [0.5, 0.6) is 5.75 Å². The summed E-state index contributed by atoms with van der Waals surface area (Å²) in [6.45, 7) is 0.417. The highest BCUT2D eigenvalue weighted by molar-refractivity contribution is 8.26. The molecule has 3 aromatic rings. The second-order valence-corrected chi connectivity index (χ2v) is 8.69. The van der Waals surface area contributed by atoms with Crippen molar-refractivity contribution < 1.29 is 19.2 Å². The van der Waals surface area contributed by atoms with Gasteiger partial charge in [0.1, 0.15) is 10.1 Å². The van der Waals surface area contributed by atoms with E-state index in [9.17, 15) is 19.7 Å². The fourth-order valence-electron chi connectivity index (χ4n) is 3.07. The van der Waals surface area contributed by atoms with Gasteiger partial charge in [0.05, 0.1) is 21.9 Å². The van der Waals surface area contributed by atoms with Crippen molar-refractivity contribution in [2.45, 2.75) is 6.54 Å². The Morgan fingerprint density at radius 3 is 2.33 bits per heavy atom. The molecule has 0 unspecified atom stereocenters. The zero-order chi connectivity index (χ0) is 23.4. The molecule has 7 nitrogen and oxygen atoms in total. The molecule has 0 bridgehead atoms. The molecule has 1 amide bonds. The van der Waals surface area contributed by atoms with Gasteiger partial charge in [-0.05, 0) is 41.5 Å². The van der Waals surface area contributed by atoms with Crippen LogP contribution < -0.4 is 4.74 Å². The first-order chi connectivity index (χ1) is 15.9. The molecule has 0 saturated carbocycles. The summed E-state index contributed by atoms with van der Waals surface area (Å²) in [4.78, 5) is 37.3. The van der Waals surface area contributed by atoms with E-state index in [1.807, 2.05) is 30.3 Å². The van der Waals surface area contributed by atoms with Crippen LogP contribution in [0.25, 0.3) is 6.08 Å². The van der Waals surface area contributed by atoms with E-state index in [-0.39, 0.29) is 17.2 Å². The lowest BCUT2D eigenvalue weighted by Crippen LogP contribution is -2.27. The number of hydrogen-bond acceptors (Lipinski definition) is 7. The van der Waals surface area contributed by atoms with Gasteiger partial charge in [0.25, 0.3) is 11.6 Å². The van der Waals surface area contributed by atoms with E-state index in [4.69, 9.17) is 17.0 Å². The third-order valence-electron chi connectivity index (χ3n) is 4.76. The Kier molecular flexibility index (Phi) is 6.62. The highest BCUT2D eigenvalue weighted by atomic mass is 32.2. The number of ether oxygens (including phenoxy) is 1. The third kappa shape index (κ3) is 5.33. The Morgan fingerprint density at radius 1 is 1.03 bits per heavy atom. The van der Waals surface area contributed by atoms with Crippen LogP contribution in [0, 0.1) is 10.1 Å². The van der Waals surface area contributed by atoms with Gasteiger partial charge in [-0.2, -0.15) is 0 Å². The number of rotatable bonds is 6. The van der Waals surface area contributed by atoms with Crippen LogP contribution in [0.1, 0.15) is 21.5 Å². The van der Waals surface area contributed by atoms with Gasteiger partial charge in [0.2, 0.25) is 0 Å². The molecule has 3 aromatic carbocycles. The van der Waals surface area contributed by atoms with Gasteiger partial charge in [-0.3, -0.25) is 19.8 Å². The molecule has 1 heterocycles. The summed E-state index contributed by atoms with van der Waals surface area (Å²) in [6.07, 6.45) is 1.74. The predicted molar refractivity (Wildman–Crippen MR) is 130 cm³/mol. The first kappa shape index (κ1) is 22.4. The van der Waals surface area contributed by atoms with Crippen LogP contribution in [0.3, 0.4) is 0 Å². The molecule has 0 N–H and O–H groups in total. The first-order valence-corrected chi connectivity index (χ1v) is 11.0. The first-order valence-electron chi connectivity index (χ1n) is 9.77. The van der Waals surface area contributed by atoms with Gasteiger partial charge in [0, 0.05) is 12.1 Å². The lowest BCUT2D eigenvalue weighted by atomic mass is 10.2. The molecular formula is C24H16N2O5S2. The highest BCUT2D eigenvalue weighted by Gasteiger charge is 2.31. The van der Waals surface area contributed by atoms with Crippen molar-refractivity contribution in [3.63, 3.8) is 0 Å². The van der Waals surface area contributed by atoms with Crippen molar-refractivity contribution in [3.05, 3.63) is 111 Å². The number of thiocarbonyl (C=S) groups is 1. The standard InChI is InChI=1S/C24H16N2O5S2/c27-22-21(33-24(32)25(22)15-17-4-2-1-3-5-17)14-16-6-12-20(13-7-16)31-23(28)18-8-10-19(11-9-18)26(29)30/h1-14H,15H2/b21-14-. The van der Waals surface area contributed by atoms with Crippen molar-refractivity contribution in [1.29, 1.82) is 0 Å². The van der Waals surface area contributed by atoms with Crippen LogP contribution >= 0.6 is 24.0 Å². The molecule has 9 heteroatoms. The summed E-state index contributed by atoms with van der Waals surface area (Å²) in [7, 11) is 0. The van der Waals surface area contributed by atoms with Crippen LogP contribution in [0.15, 0.2) is 83.8 Å². The molecule has 1 aliphatic rings. The van der Waals surface area contributed by atoms with E-state index in [1.165, 1.54) is 36.0 Å². The maximum absolute atomic E-state index is 12.8. The van der Waals surface area contributed by atoms with Gasteiger partial charge < -0.3 is 4.74 Å². The molecule has 0 radical (unpaired) electrons. The Morgan fingerprint density at radius 2 is 1.70 bits per heavy atom. The zero-order valence-electron chi connectivity index (χ0n) is 17.0. The molecule has 0 atom stereocenters. The minimum Gasteiger partial charge on any atom is -0.423 e. The maximum Gasteiger partial charge on any atom is 0.343 e. The number of nitro benzene ring substituents is 1. The van der Waals surface area contributed by atoms with E-state index in [0.29, 0.717) is 21.5 Å². The summed E-state index contributed by atoms with van der Waals surface area (Å²) in [5.74, 6) is -0.464. The van der Waals surface area contributed by atoms with Crippen LogP contribution in [-0.4, -0.2) is 26.0 Å². The highest BCUT2D eigenvalue weighted by Crippen LogP contribution is 2.33. The predicted octanol–water partition coefficient (Wildman–Crippen LogP) is 5.22. The van der Waals surface area contributed by atoms with Crippen molar-refractivity contribution >= 4 is 51.9 Å². The van der Waals surface area contributed by atoms with Gasteiger partial charge in [-0.25, -0.2) is 4.79 Å². The largest absolute Gasteiger partial charge is 0.423 e. The SMILES string of the molecule is O=C(Oc1ccc(/C=C2\SC(=S)N(Cc3ccccc3)C2=O)cc1)c1ccc([N+](=O)[O-])cc1. The summed E-state index contributed by atoms with van der Waals surface area (Å²) >= 11 is 6.63. The van der Waals surface area contributed by atoms with E-state index in [2.05, 4.69) is 0 Å². The Hall–Kier alpha value is -3.82. The minimum absolute atomic E-state index is 0.106. The summed E-state index contributed by atoms with van der Waals surface area (Å²) < 4.78 is 5.82. The number of carbonyl (C=O) groups excluding carboxylic acids is 2. The van der Waals surface area contributed by atoms with Crippen LogP contribution in [0.2, 0.25) is 0 Å². The van der Waals surface area contributed by atoms with Crippen molar-refractivity contribution in [3.8, 4) is 5.75 Å². The number of esters is 1. The number of thioether (sulfide) groups is 1. The smallest absolute Gasteiger partial charge is 0.343 e. The molecule has 4 rings (SSSR count). The number of amides is 1. The van der Waals surface area contributed by atoms with E-state index >= 15 is 0 Å². The van der Waals surface area contributed by atoms with Crippen molar-refractivity contribution in [1.82, 2.24) is 4.90 Å². The minimum atomic E-state index is -0.626. The van der Waals surface area contributed by atoms with Gasteiger partial charge >= 0.3 is 5.97 Å². The zero-order valence-corrected chi connectivity index (χ0v) is 18.7. The van der Waals surface area contributed by atoms with Crippen molar-refractivity contribution in [2.75, 3.05) is 0 Å². The monoisotopic (exact) mass is 476 g/mol. The number of benzene rings is 3. The molecule has 33 heavy (non-hydrogen) atoms. The van der Waals surface area contributed by atoms with Gasteiger partial charge in [0.15, 0.2) is 0 Å². The second-order valence-electron chi connectivity index (χ2n) is 7.02. The quantitative estimate of drug-likeness (QED) is 0.120. The number of nitrogens with zero attached hydrogens (tertiary/aromatic N) is 2. The average molecular weight is 477 g/mol. The number of nitro groups is 1. The maximum atomic E-state index is 12.8. The summed E-state index contributed by atoms with van der Waals surface area (Å²) in [6, 6.07) is 21.5. The molecular weight excluding hydrogens is 460 g/mol. The fourth-order valence-corrected chi connectivity index (χ4v) is 4.33. The Labute approximate surface area is 198 Å². The molecule has 1 aliphatic heterocycles. The Balaban J connectivity index is 1.41. The fraction of sp³-hybridized carbons (Fsp3) is 0.0417. The third-order valence-corrected chi connectivity index (χ3v) is 6.14. The molecule has 0 spiro atoms. The molecule has 1 fully saturated rings. The van der Waals surface area contributed by atoms with Crippen LogP contribution in [0.4, 0.5) is 5.69 Å². The lowest BCUT2D eigenvalue weighted by molar-refractivity contribution is -0.384. The molecule has 1 saturated heterocycles. The van der Waals surface area contributed by atoms with E-state index in [0.717, 1.165) is 11.1 Å². The average Bonchev–Trinajstić information content (AvgIpc) is 3.08. The summed E-state index contributed by atoms with van der Waals surface area (Å²) in [5, 5.41) is 10.7. The van der Waals surface area contributed by atoms with E-state index in [1.54, 1.807) is 35.2 Å². The Bertz CT molecular complexity index is 1260. The lowest BCUT2D eigenvalue weighted by Gasteiger charge is -2.14. The molecule has 164 valence electrons. The van der Waals surface area contributed by atoms with E-state index < -0.39 is 10.9 Å². The molecule has 0 aliphatic carbocycles. The van der Waals surface area contributed by atoms with Gasteiger partial charge in [-0.15, -0.1) is 0 Å². The second kappa shape index (κ2) is 9.76. The normalized spacial score (nSPS) is 14.5. The van der Waals surface area contributed by atoms with Crippen molar-refractivity contribution in [2.24, 2.45) is 0 Å². The number of hydrogen-bond donors (Lipinski definition) is 0. The summed E-state index contributed by atoms with van der Waals surface area (Å²) in [5.41, 5.74) is 1.84. The molecule has 0 aromatic heterocycles. The van der Waals surface area contributed by atoms with Gasteiger partial charge in [-0.1, -0.05) is 66.4 Å². The number of carbonyl (C=O) groups is 2. The topological polar surface area (TPSA) is 89.8 Å². The van der Waals surface area contributed by atoms with Crippen LogP contribution in [-0.2, 0) is 11.3 Å².